The number of nitrogens with zero attached hydrogens (tertiary/aromatic N) is 6. The normalized spacial score (nSPS) is 19.8. The Morgan fingerprint density at radius 3 is 2.50 bits per heavy atom. The SMILES string of the molecule is CC1CN(c2nc(=O)n(C)c3ccc(C#N)nc23)[C@@H](C)CN1C(C)c1ccc(OC(F)(F)F)c(F)c1. The van der Waals surface area contributed by atoms with Crippen LogP contribution in [-0.2, 0) is 7.05 Å². The molecule has 36 heavy (non-hydrogen) atoms. The van der Waals surface area contributed by atoms with E-state index in [0.717, 1.165) is 12.1 Å². The fourth-order valence-corrected chi connectivity index (χ4v) is 4.64. The fraction of sp³-hybridized carbons (Fsp3) is 0.417. The number of aryl methyl sites for hydroxylation is 1. The van der Waals surface area contributed by atoms with E-state index in [2.05, 4.69) is 19.6 Å². The number of anilines is 1. The van der Waals surface area contributed by atoms with Gasteiger partial charge in [0.25, 0.3) is 0 Å². The number of rotatable bonds is 4. The summed E-state index contributed by atoms with van der Waals surface area (Å²) < 4.78 is 56.9. The number of pyridine rings is 1. The predicted octanol–water partition coefficient (Wildman–Crippen LogP) is 3.90. The summed E-state index contributed by atoms with van der Waals surface area (Å²) in [6, 6.07) is 8.13. The van der Waals surface area contributed by atoms with Crippen molar-refractivity contribution >= 4 is 16.9 Å². The van der Waals surface area contributed by atoms with Crippen LogP contribution in [0.25, 0.3) is 11.0 Å². The number of hydrogen-bond donors (Lipinski definition) is 0. The van der Waals surface area contributed by atoms with Gasteiger partial charge in [-0.1, -0.05) is 6.07 Å². The Kier molecular flexibility index (Phi) is 6.62. The van der Waals surface area contributed by atoms with Crippen LogP contribution in [0.4, 0.5) is 23.4 Å². The number of hydrogen-bond acceptors (Lipinski definition) is 7. The van der Waals surface area contributed by atoms with Crippen molar-refractivity contribution in [2.75, 3.05) is 18.0 Å². The highest BCUT2D eigenvalue weighted by Gasteiger charge is 2.35. The third kappa shape index (κ3) is 4.83. The van der Waals surface area contributed by atoms with Crippen molar-refractivity contribution in [2.45, 2.75) is 45.3 Å². The van der Waals surface area contributed by atoms with E-state index in [1.54, 1.807) is 19.2 Å². The van der Waals surface area contributed by atoms with Crippen molar-refractivity contribution in [3.8, 4) is 11.8 Å². The van der Waals surface area contributed by atoms with E-state index in [4.69, 9.17) is 0 Å². The number of nitriles is 1. The summed E-state index contributed by atoms with van der Waals surface area (Å²) in [5.74, 6) is -1.58. The van der Waals surface area contributed by atoms with Crippen molar-refractivity contribution in [1.29, 1.82) is 5.26 Å². The Balaban J connectivity index is 1.62. The second-order valence-corrected chi connectivity index (χ2v) is 8.91. The minimum atomic E-state index is -4.98. The highest BCUT2D eigenvalue weighted by atomic mass is 19.4. The largest absolute Gasteiger partial charge is 0.573 e. The van der Waals surface area contributed by atoms with Crippen LogP contribution in [0, 0.1) is 17.1 Å². The molecule has 0 saturated carbocycles. The molecule has 1 aliphatic rings. The van der Waals surface area contributed by atoms with Gasteiger partial charge in [0.05, 0.1) is 5.52 Å². The minimum absolute atomic E-state index is 0.0922. The van der Waals surface area contributed by atoms with E-state index in [9.17, 15) is 27.6 Å². The molecule has 1 fully saturated rings. The third-order valence-electron chi connectivity index (χ3n) is 6.52. The van der Waals surface area contributed by atoms with Crippen LogP contribution in [0.2, 0.25) is 0 Å². The molecule has 1 aromatic carbocycles. The molecule has 2 unspecified atom stereocenters. The Hall–Kier alpha value is -3.72. The first-order valence-corrected chi connectivity index (χ1v) is 11.2. The molecule has 1 aliphatic heterocycles. The van der Waals surface area contributed by atoms with E-state index in [0.29, 0.717) is 35.5 Å². The molecule has 1 saturated heterocycles. The maximum absolute atomic E-state index is 14.3. The summed E-state index contributed by atoms with van der Waals surface area (Å²) in [6.07, 6.45) is -4.98. The lowest BCUT2D eigenvalue weighted by Gasteiger charge is -2.47. The number of benzene rings is 1. The summed E-state index contributed by atoms with van der Waals surface area (Å²) in [7, 11) is 1.59. The summed E-state index contributed by atoms with van der Waals surface area (Å²) in [4.78, 5) is 25.3. The summed E-state index contributed by atoms with van der Waals surface area (Å²) in [5.41, 5.74) is 1.26. The Morgan fingerprint density at radius 1 is 1.14 bits per heavy atom. The Morgan fingerprint density at radius 2 is 1.86 bits per heavy atom. The van der Waals surface area contributed by atoms with Gasteiger partial charge in [0.15, 0.2) is 17.4 Å². The van der Waals surface area contributed by atoms with Crippen LogP contribution in [0.5, 0.6) is 5.75 Å². The van der Waals surface area contributed by atoms with Crippen molar-refractivity contribution in [1.82, 2.24) is 19.4 Å². The number of halogens is 4. The van der Waals surface area contributed by atoms with E-state index >= 15 is 0 Å². The van der Waals surface area contributed by atoms with Gasteiger partial charge in [0.1, 0.15) is 17.3 Å². The quantitative estimate of drug-likeness (QED) is 0.498. The van der Waals surface area contributed by atoms with E-state index in [1.807, 2.05) is 31.7 Å². The van der Waals surface area contributed by atoms with Gasteiger partial charge in [-0.25, -0.2) is 14.2 Å². The van der Waals surface area contributed by atoms with Gasteiger partial charge in [-0.2, -0.15) is 10.2 Å². The molecule has 3 aromatic rings. The molecule has 0 spiro atoms. The molecule has 0 aliphatic carbocycles. The van der Waals surface area contributed by atoms with Gasteiger partial charge >= 0.3 is 12.1 Å². The number of ether oxygens (including phenoxy) is 1. The second-order valence-electron chi connectivity index (χ2n) is 8.91. The fourth-order valence-electron chi connectivity index (χ4n) is 4.64. The van der Waals surface area contributed by atoms with E-state index < -0.39 is 23.6 Å². The smallest absolute Gasteiger partial charge is 0.403 e. The van der Waals surface area contributed by atoms with E-state index in [-0.39, 0.29) is 23.8 Å². The number of aromatic nitrogens is 3. The second kappa shape index (κ2) is 9.39. The van der Waals surface area contributed by atoms with Crippen molar-refractivity contribution in [3.63, 3.8) is 0 Å². The molecule has 0 N–H and O–H groups in total. The predicted molar refractivity (Wildman–Crippen MR) is 124 cm³/mol. The first kappa shape index (κ1) is 25.4. The summed E-state index contributed by atoms with van der Waals surface area (Å²) in [6.45, 7) is 6.72. The molecule has 0 bridgehead atoms. The van der Waals surface area contributed by atoms with Crippen LogP contribution >= 0.6 is 0 Å². The minimum Gasteiger partial charge on any atom is -0.403 e. The van der Waals surface area contributed by atoms with Crippen molar-refractivity contribution < 1.29 is 22.3 Å². The number of fused-ring (bicyclic) bond motifs is 1. The molecule has 3 atom stereocenters. The first-order valence-electron chi connectivity index (χ1n) is 11.2. The lowest BCUT2D eigenvalue weighted by Crippen LogP contribution is -2.57. The van der Waals surface area contributed by atoms with Gasteiger partial charge < -0.3 is 9.64 Å². The Bertz CT molecular complexity index is 1400. The molecular weight excluding hydrogens is 480 g/mol. The van der Waals surface area contributed by atoms with Gasteiger partial charge in [0.2, 0.25) is 0 Å². The van der Waals surface area contributed by atoms with Crippen LogP contribution in [0.1, 0.15) is 38.1 Å². The van der Waals surface area contributed by atoms with Gasteiger partial charge in [-0.3, -0.25) is 9.47 Å². The number of piperazine rings is 1. The van der Waals surface area contributed by atoms with Crippen molar-refractivity contribution in [3.05, 3.63) is 57.9 Å². The molecule has 0 amide bonds. The molecule has 190 valence electrons. The molecule has 2 aromatic heterocycles. The zero-order chi connectivity index (χ0) is 26.4. The van der Waals surface area contributed by atoms with Crippen LogP contribution in [0.3, 0.4) is 0 Å². The highest BCUT2D eigenvalue weighted by Crippen LogP contribution is 2.33. The average molecular weight is 504 g/mol. The molecule has 12 heteroatoms. The van der Waals surface area contributed by atoms with Crippen molar-refractivity contribution in [2.24, 2.45) is 7.05 Å². The maximum Gasteiger partial charge on any atom is 0.573 e. The Labute approximate surface area is 204 Å². The van der Waals surface area contributed by atoms with Crippen LogP contribution in [0.15, 0.2) is 35.1 Å². The maximum atomic E-state index is 14.3. The van der Waals surface area contributed by atoms with Crippen LogP contribution in [-0.4, -0.2) is 51.0 Å². The number of alkyl halides is 3. The zero-order valence-corrected chi connectivity index (χ0v) is 20.0. The lowest BCUT2D eigenvalue weighted by atomic mass is 10.0. The summed E-state index contributed by atoms with van der Waals surface area (Å²) >= 11 is 0. The topological polar surface area (TPSA) is 87.3 Å². The molecule has 3 heterocycles. The molecule has 4 rings (SSSR count). The van der Waals surface area contributed by atoms with Crippen LogP contribution < -0.4 is 15.3 Å². The standard InChI is InChI=1S/C24H24F4N6O2/c1-13-12-34(22-21-19(32(4)23(35)31-22)7-6-17(10-29)30-21)14(2)11-33(13)15(3)16-5-8-20(18(25)9-16)36-24(26,27)28/h5-9,13-15H,11-12H2,1-4H3/t13?,14-,15?/m0/s1. The molecule has 8 nitrogen and oxygen atoms in total. The monoisotopic (exact) mass is 504 g/mol. The zero-order valence-electron chi connectivity index (χ0n) is 20.0. The lowest BCUT2D eigenvalue weighted by molar-refractivity contribution is -0.275. The average Bonchev–Trinajstić information content (AvgIpc) is 2.82. The van der Waals surface area contributed by atoms with Gasteiger partial charge in [-0.05, 0) is 50.6 Å². The molecule has 0 radical (unpaired) electrons. The van der Waals surface area contributed by atoms with Gasteiger partial charge in [0, 0.05) is 38.3 Å². The van der Waals surface area contributed by atoms with E-state index in [1.165, 1.54) is 10.6 Å². The van der Waals surface area contributed by atoms with Gasteiger partial charge in [-0.15, -0.1) is 13.2 Å². The summed E-state index contributed by atoms with van der Waals surface area (Å²) in [5, 5.41) is 9.30. The first-order chi connectivity index (χ1) is 16.9. The molecular formula is C24H24F4N6O2. The highest BCUT2D eigenvalue weighted by molar-refractivity contribution is 5.86. The third-order valence-corrected chi connectivity index (χ3v) is 6.52.